The van der Waals surface area contributed by atoms with Gasteiger partial charge < -0.3 is 15.0 Å². The normalized spacial score (nSPS) is 22.4. The highest BCUT2D eigenvalue weighted by atomic mass is 35.5. The molecule has 1 aromatic heterocycles. The van der Waals surface area contributed by atoms with Gasteiger partial charge in [-0.15, -0.1) is 0 Å². The van der Waals surface area contributed by atoms with Crippen LogP contribution in [-0.2, 0) is 6.54 Å². The van der Waals surface area contributed by atoms with Gasteiger partial charge in [0.15, 0.2) is 11.6 Å². The molecule has 0 spiro atoms. The van der Waals surface area contributed by atoms with E-state index in [1.165, 1.54) is 11.0 Å². The van der Waals surface area contributed by atoms with Gasteiger partial charge >= 0.3 is 6.03 Å². The van der Waals surface area contributed by atoms with Crippen molar-refractivity contribution in [1.29, 1.82) is 0 Å². The molecule has 8 nitrogen and oxygen atoms in total. The molecule has 2 fully saturated rings. The second kappa shape index (κ2) is 9.78. The molecule has 0 saturated heterocycles. The summed E-state index contributed by atoms with van der Waals surface area (Å²) in [5, 5.41) is 3.64. The van der Waals surface area contributed by atoms with E-state index in [1.807, 2.05) is 0 Å². The maximum Gasteiger partial charge on any atom is 0.330 e. The molecule has 5 rings (SSSR count). The van der Waals surface area contributed by atoms with Crippen LogP contribution in [0.2, 0.25) is 5.02 Å². The molecule has 3 aliphatic rings. The predicted octanol–water partition coefficient (Wildman–Crippen LogP) is 5.06. The summed E-state index contributed by atoms with van der Waals surface area (Å²) < 4.78 is 20.7. The summed E-state index contributed by atoms with van der Waals surface area (Å²) in [5.74, 6) is 0.569. The Kier molecular flexibility index (Phi) is 6.72. The van der Waals surface area contributed by atoms with Gasteiger partial charge in [0.1, 0.15) is 11.5 Å². The van der Waals surface area contributed by atoms with Crippen LogP contribution in [0.4, 0.5) is 26.6 Å². The van der Waals surface area contributed by atoms with Crippen LogP contribution in [0, 0.1) is 5.82 Å². The summed E-state index contributed by atoms with van der Waals surface area (Å²) in [6.07, 6.45) is 7.87. The third-order valence-electron chi connectivity index (χ3n) is 7.11. The van der Waals surface area contributed by atoms with Crippen molar-refractivity contribution in [3.63, 3.8) is 0 Å². The lowest BCUT2D eigenvalue weighted by Gasteiger charge is -2.37. The largest absolute Gasteiger partial charge is 0.491 e. The second-order valence-electron chi connectivity index (χ2n) is 9.77. The Labute approximate surface area is 210 Å². The van der Waals surface area contributed by atoms with Crippen LogP contribution in [0.3, 0.4) is 0 Å². The second-order valence-corrected chi connectivity index (χ2v) is 10.2. The lowest BCUT2D eigenvalue weighted by Crippen LogP contribution is -2.49. The highest BCUT2D eigenvalue weighted by Gasteiger charge is 2.43. The molecule has 1 aromatic carbocycles. The third-order valence-corrected chi connectivity index (χ3v) is 7.41. The fraction of sp³-hybridized carbons (Fsp3) is 0.560. The van der Waals surface area contributed by atoms with Gasteiger partial charge in [-0.2, -0.15) is 4.98 Å². The molecule has 0 radical (unpaired) electrons. The maximum atomic E-state index is 15.3. The molecule has 2 aliphatic carbocycles. The van der Waals surface area contributed by atoms with Gasteiger partial charge in [0.05, 0.1) is 18.2 Å². The zero-order valence-electron chi connectivity index (χ0n) is 20.4. The average molecular weight is 503 g/mol. The summed E-state index contributed by atoms with van der Waals surface area (Å²) in [7, 11) is 4.26. The first-order chi connectivity index (χ1) is 16.9. The van der Waals surface area contributed by atoms with Crippen molar-refractivity contribution in [2.75, 3.05) is 35.8 Å². The zero-order chi connectivity index (χ0) is 24.7. The van der Waals surface area contributed by atoms with Crippen LogP contribution >= 0.6 is 11.6 Å². The third kappa shape index (κ3) is 4.76. The average Bonchev–Trinajstić information content (AvgIpc) is 3.67. The summed E-state index contributed by atoms with van der Waals surface area (Å²) >= 11 is 6.38. The molecule has 35 heavy (non-hydrogen) atoms. The maximum absolute atomic E-state index is 15.3. The minimum atomic E-state index is -0.639. The van der Waals surface area contributed by atoms with Gasteiger partial charge in [-0.3, -0.25) is 9.80 Å². The van der Waals surface area contributed by atoms with Gasteiger partial charge in [0, 0.05) is 29.9 Å². The number of ether oxygens (including phenoxy) is 1. The standard InChI is InChI=1S/C25H32ClFN6O2/c1-4-35-20-12-11-19(26)22(21(20)27)32-14-15-13-28-24(29-16-5-7-17(8-6-16)31(2)3)30-23(15)33(25(32)34)18-9-10-18/h11-13,16-18H,4-10,14H2,1-3H3,(H,28,29,30). The Morgan fingerprint density at radius 1 is 1.20 bits per heavy atom. The van der Waals surface area contributed by atoms with Crippen LogP contribution in [0.25, 0.3) is 0 Å². The number of rotatable bonds is 7. The number of anilines is 3. The first kappa shape index (κ1) is 24.1. The Morgan fingerprint density at radius 2 is 1.94 bits per heavy atom. The van der Waals surface area contributed by atoms with E-state index < -0.39 is 5.82 Å². The smallest absolute Gasteiger partial charge is 0.330 e. The highest BCUT2D eigenvalue weighted by Crippen LogP contribution is 2.42. The van der Waals surface area contributed by atoms with Crippen molar-refractivity contribution in [1.82, 2.24) is 14.9 Å². The Hall–Kier alpha value is -2.65. The van der Waals surface area contributed by atoms with E-state index >= 15 is 4.39 Å². The van der Waals surface area contributed by atoms with Crippen LogP contribution in [0.15, 0.2) is 18.3 Å². The van der Waals surface area contributed by atoms with Gasteiger partial charge in [0.25, 0.3) is 0 Å². The predicted molar refractivity (Wildman–Crippen MR) is 135 cm³/mol. The number of nitrogens with one attached hydrogen (secondary N) is 1. The number of fused-ring (bicyclic) bond motifs is 1. The number of halogens is 2. The fourth-order valence-electron chi connectivity index (χ4n) is 5.04. The number of nitrogens with zero attached hydrogens (tertiary/aromatic N) is 5. The molecular formula is C25H32ClFN6O2. The number of hydrogen-bond acceptors (Lipinski definition) is 6. The zero-order valence-corrected chi connectivity index (χ0v) is 21.2. The number of carbonyl (C=O) groups is 1. The van der Waals surface area contributed by atoms with Crippen LogP contribution in [0.1, 0.15) is 51.0 Å². The van der Waals surface area contributed by atoms with Crippen molar-refractivity contribution in [3.8, 4) is 5.75 Å². The van der Waals surface area contributed by atoms with Gasteiger partial charge in [-0.25, -0.2) is 14.2 Å². The minimum Gasteiger partial charge on any atom is -0.491 e. The van der Waals surface area contributed by atoms with Gasteiger partial charge in [-0.05, 0) is 71.7 Å². The molecule has 1 aliphatic heterocycles. The molecule has 0 unspecified atom stereocenters. The molecule has 2 aromatic rings. The molecular weight excluding hydrogens is 471 g/mol. The summed E-state index contributed by atoms with van der Waals surface area (Å²) in [6.45, 7) is 2.23. The first-order valence-electron chi connectivity index (χ1n) is 12.4. The molecule has 2 heterocycles. The topological polar surface area (TPSA) is 73.8 Å². The van der Waals surface area contributed by atoms with Crippen molar-refractivity contribution < 1.29 is 13.9 Å². The molecule has 2 saturated carbocycles. The number of benzene rings is 1. The first-order valence-corrected chi connectivity index (χ1v) is 12.8. The highest BCUT2D eigenvalue weighted by molar-refractivity contribution is 6.34. The summed E-state index contributed by atoms with van der Waals surface area (Å²) in [6, 6.07) is 3.68. The number of carbonyl (C=O) groups excluding carboxylic acids is 1. The Morgan fingerprint density at radius 3 is 2.60 bits per heavy atom. The molecule has 0 atom stereocenters. The van der Waals surface area contributed by atoms with E-state index in [1.54, 1.807) is 24.1 Å². The number of urea groups is 1. The minimum absolute atomic E-state index is 0.0266. The van der Waals surface area contributed by atoms with E-state index in [4.69, 9.17) is 21.3 Å². The van der Waals surface area contributed by atoms with E-state index in [0.29, 0.717) is 30.5 Å². The van der Waals surface area contributed by atoms with Crippen molar-refractivity contribution in [2.45, 2.75) is 70.1 Å². The van der Waals surface area contributed by atoms with Crippen LogP contribution in [0.5, 0.6) is 5.75 Å². The summed E-state index contributed by atoms with van der Waals surface area (Å²) in [4.78, 5) is 28.3. The van der Waals surface area contributed by atoms with E-state index in [-0.39, 0.29) is 35.1 Å². The van der Waals surface area contributed by atoms with E-state index in [0.717, 1.165) is 44.1 Å². The summed E-state index contributed by atoms with van der Waals surface area (Å²) in [5.41, 5.74) is 0.786. The van der Waals surface area contributed by atoms with Gasteiger partial charge in [0.2, 0.25) is 5.95 Å². The van der Waals surface area contributed by atoms with E-state index in [9.17, 15) is 4.79 Å². The molecule has 2 amide bonds. The lowest BCUT2D eigenvalue weighted by atomic mass is 9.91. The van der Waals surface area contributed by atoms with E-state index in [2.05, 4.69) is 29.3 Å². The van der Waals surface area contributed by atoms with Crippen LogP contribution < -0.4 is 19.9 Å². The Bertz CT molecular complexity index is 1100. The number of hydrogen-bond donors (Lipinski definition) is 1. The number of amides is 2. The van der Waals surface area contributed by atoms with Crippen molar-refractivity contribution in [2.24, 2.45) is 0 Å². The SMILES string of the molecule is CCOc1ccc(Cl)c(N2Cc3cnc(NC4CCC(N(C)C)CC4)nc3N(C3CC3)C2=O)c1F. The molecule has 0 bridgehead atoms. The Balaban J connectivity index is 1.41. The number of aromatic nitrogens is 2. The van der Waals surface area contributed by atoms with Crippen LogP contribution in [-0.4, -0.2) is 59.7 Å². The van der Waals surface area contributed by atoms with Gasteiger partial charge in [-0.1, -0.05) is 11.6 Å². The van der Waals surface area contributed by atoms with Crippen molar-refractivity contribution in [3.05, 3.63) is 34.7 Å². The molecule has 188 valence electrons. The lowest BCUT2D eigenvalue weighted by molar-refractivity contribution is 0.221. The van der Waals surface area contributed by atoms with Crippen molar-refractivity contribution >= 4 is 35.1 Å². The monoisotopic (exact) mass is 502 g/mol. The quantitative estimate of drug-likeness (QED) is 0.570. The molecule has 1 N–H and O–H groups in total. The molecule has 10 heteroatoms. The fourth-order valence-corrected chi connectivity index (χ4v) is 5.29.